The average Bonchev–Trinajstić information content (AvgIpc) is 2.58. The predicted octanol–water partition coefficient (Wildman–Crippen LogP) is 2.68. The van der Waals surface area contributed by atoms with E-state index >= 15 is 0 Å². The molecule has 7 heteroatoms. The van der Waals surface area contributed by atoms with Crippen LogP contribution in [0.4, 0.5) is 5.69 Å². The molecule has 2 aromatic carbocycles. The van der Waals surface area contributed by atoms with Gasteiger partial charge in [0, 0.05) is 6.07 Å². The molecule has 0 fully saturated rings. The summed E-state index contributed by atoms with van der Waals surface area (Å²) >= 11 is 0. The molecule has 2 aromatic rings. The molecule has 0 bridgehead atoms. The first kappa shape index (κ1) is 17.9. The molecule has 0 saturated heterocycles. The van der Waals surface area contributed by atoms with E-state index in [1.54, 1.807) is 63.8 Å². The van der Waals surface area contributed by atoms with Crippen molar-refractivity contribution in [3.8, 4) is 17.2 Å². The monoisotopic (exact) mass is 351 g/mol. The molecule has 0 N–H and O–H groups in total. The van der Waals surface area contributed by atoms with Gasteiger partial charge in [0.25, 0.3) is 0 Å². The van der Waals surface area contributed by atoms with Gasteiger partial charge in [0.2, 0.25) is 10.0 Å². The maximum absolute atomic E-state index is 12.2. The van der Waals surface area contributed by atoms with Crippen LogP contribution in [0.1, 0.15) is 5.56 Å². The van der Waals surface area contributed by atoms with E-state index in [2.05, 4.69) is 0 Å². The number of sulfonamides is 1. The number of hydrogen-bond donors (Lipinski definition) is 0. The normalized spacial score (nSPS) is 11.0. The minimum atomic E-state index is -3.46. The SMILES string of the molecule is COc1ccc(N(Cc2cc(OC)cc(OC)c2)S(C)(=O)=O)cc1. The van der Waals surface area contributed by atoms with E-state index in [9.17, 15) is 8.42 Å². The van der Waals surface area contributed by atoms with Crippen molar-refractivity contribution in [2.24, 2.45) is 0 Å². The lowest BCUT2D eigenvalue weighted by Crippen LogP contribution is -2.29. The maximum Gasteiger partial charge on any atom is 0.232 e. The lowest BCUT2D eigenvalue weighted by atomic mass is 10.2. The number of nitrogens with zero attached hydrogens (tertiary/aromatic N) is 1. The summed E-state index contributed by atoms with van der Waals surface area (Å²) in [6.07, 6.45) is 1.18. The van der Waals surface area contributed by atoms with Crippen molar-refractivity contribution in [2.75, 3.05) is 31.9 Å². The highest BCUT2D eigenvalue weighted by molar-refractivity contribution is 7.92. The van der Waals surface area contributed by atoms with Gasteiger partial charge in [0.15, 0.2) is 0 Å². The van der Waals surface area contributed by atoms with Crippen LogP contribution in [0.5, 0.6) is 17.2 Å². The van der Waals surface area contributed by atoms with Crippen molar-refractivity contribution in [1.82, 2.24) is 0 Å². The van der Waals surface area contributed by atoms with E-state index in [0.29, 0.717) is 22.9 Å². The fourth-order valence-corrected chi connectivity index (χ4v) is 3.16. The second-order valence-electron chi connectivity index (χ2n) is 5.19. The summed E-state index contributed by atoms with van der Waals surface area (Å²) in [6, 6.07) is 12.2. The number of rotatable bonds is 7. The van der Waals surface area contributed by atoms with Gasteiger partial charge in [-0.05, 0) is 42.0 Å². The van der Waals surface area contributed by atoms with Crippen LogP contribution in [0.2, 0.25) is 0 Å². The molecule has 0 aliphatic heterocycles. The summed E-state index contributed by atoms with van der Waals surface area (Å²) in [7, 11) is 1.20. The zero-order chi connectivity index (χ0) is 17.7. The topological polar surface area (TPSA) is 65.1 Å². The molecule has 6 nitrogen and oxygen atoms in total. The summed E-state index contributed by atoms with van der Waals surface area (Å²) in [4.78, 5) is 0. The van der Waals surface area contributed by atoms with Gasteiger partial charge in [-0.25, -0.2) is 8.42 Å². The van der Waals surface area contributed by atoms with E-state index in [1.807, 2.05) is 0 Å². The highest BCUT2D eigenvalue weighted by Crippen LogP contribution is 2.27. The van der Waals surface area contributed by atoms with Crippen LogP contribution in [0.25, 0.3) is 0 Å². The first-order valence-electron chi connectivity index (χ1n) is 7.21. The fraction of sp³-hybridized carbons (Fsp3) is 0.294. The van der Waals surface area contributed by atoms with Crippen molar-refractivity contribution in [1.29, 1.82) is 0 Å². The molecule has 0 radical (unpaired) electrons. The number of benzene rings is 2. The third-order valence-corrected chi connectivity index (χ3v) is 4.64. The first-order chi connectivity index (χ1) is 11.4. The Morgan fingerprint density at radius 2 is 1.33 bits per heavy atom. The number of ether oxygens (including phenoxy) is 3. The standard InChI is InChI=1S/C17H21NO5S/c1-21-15-7-5-14(6-8-15)18(24(4,19)20)12-13-9-16(22-2)11-17(10-13)23-3/h5-11H,12H2,1-4H3. The van der Waals surface area contributed by atoms with Gasteiger partial charge in [0.05, 0.1) is 39.8 Å². The Balaban J connectivity index is 2.39. The molecule has 2 rings (SSSR count). The largest absolute Gasteiger partial charge is 0.497 e. The predicted molar refractivity (Wildman–Crippen MR) is 93.6 cm³/mol. The van der Waals surface area contributed by atoms with Gasteiger partial charge in [-0.2, -0.15) is 0 Å². The molecular formula is C17H21NO5S. The van der Waals surface area contributed by atoms with Crippen LogP contribution in [0.15, 0.2) is 42.5 Å². The van der Waals surface area contributed by atoms with E-state index in [4.69, 9.17) is 14.2 Å². The van der Waals surface area contributed by atoms with E-state index in [1.165, 1.54) is 10.6 Å². The Kier molecular flexibility index (Phi) is 5.56. The molecule has 0 aliphatic rings. The summed E-state index contributed by atoms with van der Waals surface area (Å²) in [5, 5.41) is 0. The summed E-state index contributed by atoms with van der Waals surface area (Å²) in [5.74, 6) is 1.87. The van der Waals surface area contributed by atoms with Gasteiger partial charge >= 0.3 is 0 Å². The minimum Gasteiger partial charge on any atom is -0.497 e. The molecular weight excluding hydrogens is 330 g/mol. The van der Waals surface area contributed by atoms with Crippen LogP contribution in [-0.2, 0) is 16.6 Å². The maximum atomic E-state index is 12.2. The summed E-state index contributed by atoms with van der Waals surface area (Å²) in [6.45, 7) is 0.165. The van der Waals surface area contributed by atoms with Crippen molar-refractivity contribution >= 4 is 15.7 Å². The third-order valence-electron chi connectivity index (χ3n) is 3.50. The van der Waals surface area contributed by atoms with E-state index in [-0.39, 0.29) is 6.54 Å². The van der Waals surface area contributed by atoms with Crippen LogP contribution in [-0.4, -0.2) is 36.0 Å². The average molecular weight is 351 g/mol. The van der Waals surface area contributed by atoms with Crippen molar-refractivity contribution in [3.05, 3.63) is 48.0 Å². The second-order valence-corrected chi connectivity index (χ2v) is 7.10. The number of hydrogen-bond acceptors (Lipinski definition) is 5. The van der Waals surface area contributed by atoms with Gasteiger partial charge in [-0.1, -0.05) is 0 Å². The van der Waals surface area contributed by atoms with Gasteiger partial charge in [-0.15, -0.1) is 0 Å². The second kappa shape index (κ2) is 7.44. The van der Waals surface area contributed by atoms with Crippen molar-refractivity contribution < 1.29 is 22.6 Å². The molecule has 0 aliphatic carbocycles. The zero-order valence-corrected chi connectivity index (χ0v) is 15.0. The molecule has 0 atom stereocenters. The lowest BCUT2D eigenvalue weighted by Gasteiger charge is -2.23. The Morgan fingerprint density at radius 3 is 1.75 bits per heavy atom. The Bertz CT molecular complexity index is 765. The molecule has 24 heavy (non-hydrogen) atoms. The molecule has 0 aromatic heterocycles. The van der Waals surface area contributed by atoms with Crippen LogP contribution >= 0.6 is 0 Å². The Morgan fingerprint density at radius 1 is 0.833 bits per heavy atom. The summed E-state index contributed by atoms with van der Waals surface area (Å²) in [5.41, 5.74) is 1.31. The number of anilines is 1. The highest BCUT2D eigenvalue weighted by Gasteiger charge is 2.19. The molecule has 0 heterocycles. The molecule has 130 valence electrons. The van der Waals surface area contributed by atoms with Gasteiger partial charge in [-0.3, -0.25) is 4.31 Å². The van der Waals surface area contributed by atoms with Crippen molar-refractivity contribution in [2.45, 2.75) is 6.54 Å². The van der Waals surface area contributed by atoms with Crippen molar-refractivity contribution in [3.63, 3.8) is 0 Å². The van der Waals surface area contributed by atoms with Gasteiger partial charge < -0.3 is 14.2 Å². The van der Waals surface area contributed by atoms with Crippen LogP contribution < -0.4 is 18.5 Å². The number of methoxy groups -OCH3 is 3. The van der Waals surface area contributed by atoms with Crippen LogP contribution in [0.3, 0.4) is 0 Å². The molecule has 0 saturated carbocycles. The quantitative estimate of drug-likeness (QED) is 0.767. The Labute approximate surface area is 142 Å². The minimum absolute atomic E-state index is 0.165. The van der Waals surface area contributed by atoms with E-state index in [0.717, 1.165) is 5.56 Å². The highest BCUT2D eigenvalue weighted by atomic mass is 32.2. The molecule has 0 amide bonds. The third kappa shape index (κ3) is 4.32. The van der Waals surface area contributed by atoms with Crippen LogP contribution in [0, 0.1) is 0 Å². The lowest BCUT2D eigenvalue weighted by molar-refractivity contribution is 0.393. The smallest absolute Gasteiger partial charge is 0.232 e. The first-order valence-corrected chi connectivity index (χ1v) is 9.06. The Hall–Kier alpha value is -2.41. The fourth-order valence-electron chi connectivity index (χ4n) is 2.27. The molecule has 0 unspecified atom stereocenters. The summed E-state index contributed by atoms with van der Waals surface area (Å²) < 4.78 is 41.4. The zero-order valence-electron chi connectivity index (χ0n) is 14.1. The molecule has 0 spiro atoms. The van der Waals surface area contributed by atoms with E-state index < -0.39 is 10.0 Å². The van der Waals surface area contributed by atoms with Gasteiger partial charge in [0.1, 0.15) is 17.2 Å².